The van der Waals surface area contributed by atoms with E-state index in [2.05, 4.69) is 11.4 Å². The number of carbonyl (C=O) groups is 1. The van der Waals surface area contributed by atoms with E-state index in [0.717, 1.165) is 16.9 Å². The molecule has 3 atom stereocenters. The second-order valence-corrected chi connectivity index (χ2v) is 8.15. The van der Waals surface area contributed by atoms with Crippen molar-refractivity contribution < 1.29 is 9.00 Å². The van der Waals surface area contributed by atoms with Crippen molar-refractivity contribution in [3.05, 3.63) is 65.7 Å². The zero-order chi connectivity index (χ0) is 16.2. The summed E-state index contributed by atoms with van der Waals surface area (Å²) in [6.45, 7) is 0. The maximum Gasteiger partial charge on any atom is 0.228 e. The molecule has 3 rings (SSSR count). The van der Waals surface area contributed by atoms with Crippen molar-refractivity contribution in [3.63, 3.8) is 0 Å². The molecule has 0 saturated carbocycles. The van der Waals surface area contributed by atoms with Gasteiger partial charge < -0.3 is 5.32 Å². The second-order valence-electron chi connectivity index (χ2n) is 5.61. The normalized spacial score (nSPS) is 18.9. The Morgan fingerprint density at radius 2 is 1.91 bits per heavy atom. The molecular weight excluding hydrogens is 326 g/mol. The van der Waals surface area contributed by atoms with E-state index in [1.165, 1.54) is 4.90 Å². The lowest BCUT2D eigenvalue weighted by Gasteiger charge is -2.20. The molecule has 1 heterocycles. The van der Waals surface area contributed by atoms with E-state index < -0.39 is 10.8 Å². The molecule has 0 bridgehead atoms. The van der Waals surface area contributed by atoms with Gasteiger partial charge in [0.25, 0.3) is 0 Å². The summed E-state index contributed by atoms with van der Waals surface area (Å²) < 4.78 is 11.7. The molecule has 0 spiro atoms. The van der Waals surface area contributed by atoms with Crippen molar-refractivity contribution in [3.8, 4) is 0 Å². The van der Waals surface area contributed by atoms with Crippen LogP contribution >= 0.6 is 11.8 Å². The number of thioether (sulfide) groups is 1. The van der Waals surface area contributed by atoms with Crippen LogP contribution in [-0.4, -0.2) is 27.9 Å². The van der Waals surface area contributed by atoms with Crippen LogP contribution in [0, 0.1) is 0 Å². The molecule has 120 valence electrons. The lowest BCUT2D eigenvalue weighted by molar-refractivity contribution is -0.122. The first-order valence-corrected chi connectivity index (χ1v) is 10.2. The van der Waals surface area contributed by atoms with E-state index in [-0.39, 0.29) is 17.9 Å². The molecule has 2 aromatic carbocycles. The smallest absolute Gasteiger partial charge is 0.228 e. The molecule has 1 aliphatic rings. The highest BCUT2D eigenvalue weighted by atomic mass is 32.2. The number of hydrogen-bond donors (Lipinski definition) is 1. The summed E-state index contributed by atoms with van der Waals surface area (Å²) >= 11 is 1.72. The van der Waals surface area contributed by atoms with Crippen molar-refractivity contribution in [2.24, 2.45) is 0 Å². The Morgan fingerprint density at radius 3 is 2.65 bits per heavy atom. The first-order valence-electron chi connectivity index (χ1n) is 7.52. The molecule has 3 nitrogen and oxygen atoms in total. The molecule has 23 heavy (non-hydrogen) atoms. The van der Waals surface area contributed by atoms with Gasteiger partial charge in [0, 0.05) is 33.5 Å². The van der Waals surface area contributed by atoms with Crippen molar-refractivity contribution in [2.45, 2.75) is 16.9 Å². The van der Waals surface area contributed by atoms with Gasteiger partial charge in [-0.1, -0.05) is 48.5 Å². The fourth-order valence-electron chi connectivity index (χ4n) is 2.79. The predicted octanol–water partition coefficient (Wildman–Crippen LogP) is 3.11. The Bertz CT molecular complexity index is 718. The van der Waals surface area contributed by atoms with Crippen LogP contribution in [0.3, 0.4) is 0 Å². The molecule has 1 amide bonds. The van der Waals surface area contributed by atoms with Gasteiger partial charge in [-0.2, -0.15) is 0 Å². The number of amides is 1. The third-order valence-corrected chi connectivity index (χ3v) is 5.92. The predicted molar refractivity (Wildman–Crippen MR) is 96.2 cm³/mol. The third-order valence-electron chi connectivity index (χ3n) is 3.94. The van der Waals surface area contributed by atoms with Crippen LogP contribution in [0.4, 0.5) is 0 Å². The summed E-state index contributed by atoms with van der Waals surface area (Å²) in [4.78, 5) is 13.9. The molecule has 5 heteroatoms. The van der Waals surface area contributed by atoms with E-state index in [1.807, 2.05) is 48.5 Å². The van der Waals surface area contributed by atoms with E-state index in [4.69, 9.17) is 0 Å². The average Bonchev–Trinajstić information content (AvgIpc) is 2.99. The summed E-state index contributed by atoms with van der Waals surface area (Å²) in [5.41, 5.74) is 2.09. The molecular formula is C18H19NO2S2. The van der Waals surface area contributed by atoms with Crippen molar-refractivity contribution in [2.75, 3.05) is 17.8 Å². The third kappa shape index (κ3) is 3.85. The molecule has 0 aliphatic carbocycles. The minimum absolute atomic E-state index is 0.0155. The zero-order valence-corrected chi connectivity index (χ0v) is 14.5. The highest BCUT2D eigenvalue weighted by Gasteiger charge is 2.30. The summed E-state index contributed by atoms with van der Waals surface area (Å²) in [7, 11) is -0.979. The molecule has 1 N–H and O–H groups in total. The highest BCUT2D eigenvalue weighted by Crippen LogP contribution is 2.39. The van der Waals surface area contributed by atoms with Crippen molar-refractivity contribution in [1.82, 2.24) is 5.32 Å². The molecule has 2 aromatic rings. The lowest BCUT2D eigenvalue weighted by atomic mass is 9.99. The summed E-state index contributed by atoms with van der Waals surface area (Å²) in [6, 6.07) is 17.6. The maximum atomic E-state index is 12.7. The van der Waals surface area contributed by atoms with Crippen LogP contribution in [0.5, 0.6) is 0 Å². The van der Waals surface area contributed by atoms with Gasteiger partial charge in [0.1, 0.15) is 0 Å². The quantitative estimate of drug-likeness (QED) is 0.906. The first kappa shape index (κ1) is 16.3. The Labute approximate surface area is 143 Å². The van der Waals surface area contributed by atoms with Gasteiger partial charge in [0.05, 0.1) is 12.0 Å². The topological polar surface area (TPSA) is 46.2 Å². The summed E-state index contributed by atoms with van der Waals surface area (Å²) in [6.07, 6.45) is 1.67. The summed E-state index contributed by atoms with van der Waals surface area (Å²) in [5.74, 6) is 1.08. The Morgan fingerprint density at radius 1 is 1.22 bits per heavy atom. The minimum Gasteiger partial charge on any atom is -0.348 e. The fraction of sp³-hybridized carbons (Fsp3) is 0.278. The number of nitrogens with one attached hydrogen (secondary N) is 1. The number of benzene rings is 2. The number of hydrogen-bond acceptors (Lipinski definition) is 3. The van der Waals surface area contributed by atoms with E-state index >= 15 is 0 Å². The highest BCUT2D eigenvalue weighted by molar-refractivity contribution is 7.99. The number of fused-ring (bicyclic) bond motifs is 1. The van der Waals surface area contributed by atoms with Crippen LogP contribution in [0.15, 0.2) is 59.5 Å². The van der Waals surface area contributed by atoms with Gasteiger partial charge in [0.2, 0.25) is 5.91 Å². The van der Waals surface area contributed by atoms with E-state index in [1.54, 1.807) is 18.0 Å². The second kappa shape index (κ2) is 7.32. The SMILES string of the molecule is C[S@](=O)C[C@H](NC(=O)[C@H]1CSc2ccccc21)c1ccccc1. The molecule has 0 fully saturated rings. The molecule has 1 aliphatic heterocycles. The largest absolute Gasteiger partial charge is 0.348 e. The molecule has 0 radical (unpaired) electrons. The molecule has 0 aromatic heterocycles. The Balaban J connectivity index is 1.78. The minimum atomic E-state index is -0.979. The van der Waals surface area contributed by atoms with Gasteiger partial charge in [-0.3, -0.25) is 9.00 Å². The molecule has 0 saturated heterocycles. The zero-order valence-electron chi connectivity index (χ0n) is 12.9. The average molecular weight is 345 g/mol. The van der Waals surface area contributed by atoms with Crippen LogP contribution in [0.1, 0.15) is 23.1 Å². The molecule has 0 unspecified atom stereocenters. The van der Waals surface area contributed by atoms with Gasteiger partial charge in [-0.15, -0.1) is 11.8 Å². The van der Waals surface area contributed by atoms with Crippen molar-refractivity contribution >= 4 is 28.5 Å². The number of rotatable bonds is 5. The summed E-state index contributed by atoms with van der Waals surface area (Å²) in [5, 5.41) is 3.10. The van der Waals surface area contributed by atoms with E-state index in [9.17, 15) is 9.00 Å². The van der Waals surface area contributed by atoms with Crippen LogP contribution in [-0.2, 0) is 15.6 Å². The first-order chi connectivity index (χ1) is 11.1. The number of carbonyl (C=O) groups excluding carboxylic acids is 1. The fourth-order valence-corrected chi connectivity index (χ4v) is 4.77. The van der Waals surface area contributed by atoms with Gasteiger partial charge in [-0.25, -0.2) is 0 Å². The standard InChI is InChI=1S/C18H19NO2S2/c1-23(21)12-16(13-7-3-2-4-8-13)19-18(20)15-11-22-17-10-6-5-9-14(15)17/h2-10,15-16H,11-12H2,1H3,(H,19,20)/t15-,16-,23-/m0/s1. The van der Waals surface area contributed by atoms with Crippen LogP contribution < -0.4 is 5.32 Å². The van der Waals surface area contributed by atoms with Gasteiger partial charge >= 0.3 is 0 Å². The lowest BCUT2D eigenvalue weighted by Crippen LogP contribution is -2.35. The van der Waals surface area contributed by atoms with Gasteiger partial charge in [-0.05, 0) is 17.2 Å². The monoisotopic (exact) mass is 345 g/mol. The van der Waals surface area contributed by atoms with Gasteiger partial charge in [0.15, 0.2) is 0 Å². The maximum absolute atomic E-state index is 12.7. The van der Waals surface area contributed by atoms with E-state index in [0.29, 0.717) is 5.75 Å². The Hall–Kier alpha value is -1.59. The Kier molecular flexibility index (Phi) is 5.18. The van der Waals surface area contributed by atoms with Crippen LogP contribution in [0.25, 0.3) is 0 Å². The van der Waals surface area contributed by atoms with Crippen LogP contribution in [0.2, 0.25) is 0 Å². The van der Waals surface area contributed by atoms with Crippen molar-refractivity contribution in [1.29, 1.82) is 0 Å².